The molecule has 0 aromatic carbocycles. The summed E-state index contributed by atoms with van der Waals surface area (Å²) in [6.45, 7) is 0.842. The Morgan fingerprint density at radius 2 is 2.12 bits per heavy atom. The Morgan fingerprint density at radius 3 is 2.56 bits per heavy atom. The van der Waals surface area contributed by atoms with Crippen LogP contribution in [0.2, 0.25) is 0 Å². The third kappa shape index (κ3) is 2.93. The number of carboxylic acids is 1. The molecule has 3 atom stereocenters. The van der Waals surface area contributed by atoms with Crippen LogP contribution in [0.3, 0.4) is 0 Å². The predicted octanol–water partition coefficient (Wildman–Crippen LogP) is -0.934. The van der Waals surface area contributed by atoms with E-state index < -0.39 is 11.6 Å². The van der Waals surface area contributed by atoms with E-state index in [2.05, 4.69) is 5.32 Å². The molecule has 0 heterocycles. The molecule has 0 saturated heterocycles. The van der Waals surface area contributed by atoms with Crippen molar-refractivity contribution in [2.24, 2.45) is 11.7 Å². The van der Waals surface area contributed by atoms with Crippen molar-refractivity contribution in [2.75, 3.05) is 6.54 Å². The van der Waals surface area contributed by atoms with Gasteiger partial charge in [-0.15, -0.1) is 0 Å². The molecule has 0 spiro atoms. The zero-order chi connectivity index (χ0) is 12.3. The normalized spacial score (nSPS) is 28.4. The average Bonchev–Trinajstić information content (AvgIpc) is 2.61. The van der Waals surface area contributed by atoms with Crippen LogP contribution in [0, 0.1) is 5.92 Å². The molecule has 16 heavy (non-hydrogen) atoms. The second-order valence-electron chi connectivity index (χ2n) is 4.50. The number of amides is 1. The molecule has 1 amide bonds. The summed E-state index contributed by atoms with van der Waals surface area (Å²) in [5.41, 5.74) is 3.81. The van der Waals surface area contributed by atoms with Crippen LogP contribution in [0.1, 0.15) is 26.2 Å². The number of rotatable bonds is 4. The van der Waals surface area contributed by atoms with Crippen molar-refractivity contribution in [2.45, 2.75) is 37.8 Å². The largest absolute Gasteiger partial charge is 0.479 e. The number of hydrogen-bond donors (Lipinski definition) is 4. The molecule has 1 aliphatic carbocycles. The van der Waals surface area contributed by atoms with Gasteiger partial charge < -0.3 is 21.3 Å². The molecule has 0 aromatic rings. The van der Waals surface area contributed by atoms with E-state index >= 15 is 0 Å². The second-order valence-corrected chi connectivity index (χ2v) is 4.50. The van der Waals surface area contributed by atoms with Crippen molar-refractivity contribution in [3.8, 4) is 0 Å². The lowest BCUT2D eigenvalue weighted by Gasteiger charge is -2.21. The van der Waals surface area contributed by atoms with Gasteiger partial charge in [0.25, 0.3) is 0 Å². The van der Waals surface area contributed by atoms with Gasteiger partial charge in [-0.1, -0.05) is 6.42 Å². The summed E-state index contributed by atoms with van der Waals surface area (Å²) < 4.78 is 0. The van der Waals surface area contributed by atoms with E-state index in [9.17, 15) is 14.7 Å². The summed E-state index contributed by atoms with van der Waals surface area (Å²) in [5, 5.41) is 20.5. The smallest absolute Gasteiger partial charge is 0.337 e. The van der Waals surface area contributed by atoms with Crippen LogP contribution in [0.25, 0.3) is 0 Å². The standard InChI is InChI=1S/C10H18N2O4/c1-10(16,9(14)15)5-12-8(13)6-3-2-4-7(6)11/h6-7,16H,2-5,11H2,1H3,(H,12,13)(H,14,15). The van der Waals surface area contributed by atoms with Crippen LogP contribution >= 0.6 is 0 Å². The van der Waals surface area contributed by atoms with Gasteiger partial charge in [-0.25, -0.2) is 4.79 Å². The lowest BCUT2D eigenvalue weighted by atomic mass is 10.0. The zero-order valence-electron chi connectivity index (χ0n) is 9.27. The SMILES string of the molecule is CC(O)(CNC(=O)C1CCCC1N)C(=O)O. The van der Waals surface area contributed by atoms with Crippen LogP contribution in [0.4, 0.5) is 0 Å². The fraction of sp³-hybridized carbons (Fsp3) is 0.800. The maximum atomic E-state index is 11.6. The summed E-state index contributed by atoms with van der Waals surface area (Å²) in [6.07, 6.45) is 2.45. The van der Waals surface area contributed by atoms with Gasteiger partial charge in [0.1, 0.15) is 0 Å². The Kier molecular flexibility index (Phi) is 3.88. The van der Waals surface area contributed by atoms with E-state index in [1.165, 1.54) is 0 Å². The van der Waals surface area contributed by atoms with Gasteiger partial charge >= 0.3 is 5.97 Å². The Hall–Kier alpha value is -1.14. The Balaban J connectivity index is 2.44. The van der Waals surface area contributed by atoms with Gasteiger partial charge in [0.2, 0.25) is 5.91 Å². The Morgan fingerprint density at radius 1 is 1.50 bits per heavy atom. The van der Waals surface area contributed by atoms with Crippen LogP contribution in [0.15, 0.2) is 0 Å². The molecule has 3 unspecified atom stereocenters. The second kappa shape index (κ2) is 4.80. The first-order chi connectivity index (χ1) is 7.34. The summed E-state index contributed by atoms with van der Waals surface area (Å²) in [7, 11) is 0. The lowest BCUT2D eigenvalue weighted by molar-refractivity contribution is -0.156. The molecule has 1 fully saturated rings. The molecule has 1 saturated carbocycles. The number of hydrogen-bond acceptors (Lipinski definition) is 4. The minimum atomic E-state index is -1.93. The van der Waals surface area contributed by atoms with E-state index in [1.54, 1.807) is 0 Å². The van der Waals surface area contributed by atoms with Crippen molar-refractivity contribution in [1.29, 1.82) is 0 Å². The molecule has 0 aliphatic heterocycles. The van der Waals surface area contributed by atoms with Crippen molar-refractivity contribution < 1.29 is 19.8 Å². The minimum Gasteiger partial charge on any atom is -0.479 e. The molecule has 6 heteroatoms. The van der Waals surface area contributed by atoms with Gasteiger partial charge in [0.05, 0.1) is 12.5 Å². The van der Waals surface area contributed by atoms with Crippen LogP contribution < -0.4 is 11.1 Å². The van der Waals surface area contributed by atoms with Crippen molar-refractivity contribution in [3.05, 3.63) is 0 Å². The predicted molar refractivity (Wildman–Crippen MR) is 56.6 cm³/mol. The quantitative estimate of drug-likeness (QED) is 0.498. The molecular weight excluding hydrogens is 212 g/mol. The van der Waals surface area contributed by atoms with E-state index in [0.717, 1.165) is 26.2 Å². The summed E-state index contributed by atoms with van der Waals surface area (Å²) in [4.78, 5) is 22.2. The molecule has 5 N–H and O–H groups in total. The number of nitrogens with one attached hydrogen (secondary N) is 1. The molecule has 0 bridgehead atoms. The van der Waals surface area contributed by atoms with Gasteiger partial charge in [-0.2, -0.15) is 0 Å². The van der Waals surface area contributed by atoms with Gasteiger partial charge in [-0.05, 0) is 19.8 Å². The molecular formula is C10H18N2O4. The van der Waals surface area contributed by atoms with Crippen molar-refractivity contribution in [3.63, 3.8) is 0 Å². The number of carboxylic acid groups (broad SMARTS) is 1. The fourth-order valence-corrected chi connectivity index (χ4v) is 1.78. The highest BCUT2D eigenvalue weighted by atomic mass is 16.4. The number of aliphatic carboxylic acids is 1. The minimum absolute atomic E-state index is 0.158. The molecule has 6 nitrogen and oxygen atoms in total. The average molecular weight is 230 g/mol. The molecule has 0 radical (unpaired) electrons. The fourth-order valence-electron chi connectivity index (χ4n) is 1.78. The number of nitrogens with two attached hydrogens (primary N) is 1. The van der Waals surface area contributed by atoms with Crippen LogP contribution in [-0.4, -0.2) is 40.3 Å². The van der Waals surface area contributed by atoms with Crippen LogP contribution in [-0.2, 0) is 9.59 Å². The first-order valence-electron chi connectivity index (χ1n) is 5.33. The topological polar surface area (TPSA) is 113 Å². The highest BCUT2D eigenvalue weighted by Crippen LogP contribution is 2.23. The molecule has 0 aromatic heterocycles. The number of aliphatic hydroxyl groups is 1. The number of carbonyl (C=O) groups is 2. The maximum Gasteiger partial charge on any atom is 0.337 e. The highest BCUT2D eigenvalue weighted by Gasteiger charge is 2.34. The van der Waals surface area contributed by atoms with E-state index in [4.69, 9.17) is 10.8 Å². The van der Waals surface area contributed by atoms with Gasteiger partial charge in [0.15, 0.2) is 5.60 Å². The van der Waals surface area contributed by atoms with Gasteiger partial charge in [-0.3, -0.25) is 4.79 Å². The van der Waals surface area contributed by atoms with Gasteiger partial charge in [0, 0.05) is 6.04 Å². The summed E-state index contributed by atoms with van der Waals surface area (Å²) in [6, 6.07) is -0.158. The lowest BCUT2D eigenvalue weighted by Crippen LogP contribution is -2.49. The van der Waals surface area contributed by atoms with Crippen LogP contribution in [0.5, 0.6) is 0 Å². The van der Waals surface area contributed by atoms with E-state index in [1.807, 2.05) is 0 Å². The third-order valence-corrected chi connectivity index (χ3v) is 2.97. The molecule has 92 valence electrons. The first kappa shape index (κ1) is 12.9. The summed E-state index contributed by atoms with van der Waals surface area (Å²) >= 11 is 0. The zero-order valence-corrected chi connectivity index (χ0v) is 9.27. The first-order valence-corrected chi connectivity index (χ1v) is 5.33. The van der Waals surface area contributed by atoms with Crippen molar-refractivity contribution >= 4 is 11.9 Å². The summed E-state index contributed by atoms with van der Waals surface area (Å²) in [5.74, 6) is -1.89. The number of carbonyl (C=O) groups excluding carboxylic acids is 1. The van der Waals surface area contributed by atoms with Crippen molar-refractivity contribution in [1.82, 2.24) is 5.32 Å². The maximum absolute atomic E-state index is 11.6. The highest BCUT2D eigenvalue weighted by molar-refractivity contribution is 5.82. The molecule has 1 rings (SSSR count). The third-order valence-electron chi connectivity index (χ3n) is 2.97. The Labute approximate surface area is 93.8 Å². The molecule has 1 aliphatic rings. The van der Waals surface area contributed by atoms with E-state index in [-0.39, 0.29) is 24.4 Å². The monoisotopic (exact) mass is 230 g/mol. The van der Waals surface area contributed by atoms with E-state index in [0.29, 0.717) is 0 Å². The Bertz CT molecular complexity index is 291.